The first-order valence-electron chi connectivity index (χ1n) is 7.57. The molecule has 1 amide bonds. The highest BCUT2D eigenvalue weighted by atomic mass is 32.2. The van der Waals surface area contributed by atoms with E-state index in [0.29, 0.717) is 17.1 Å². The molecule has 0 saturated heterocycles. The van der Waals surface area contributed by atoms with E-state index in [2.05, 4.69) is 0 Å². The summed E-state index contributed by atoms with van der Waals surface area (Å²) in [6, 6.07) is 10.9. The molecule has 2 aromatic rings. The fraction of sp³-hybridized carbons (Fsp3) is 0.235. The second kappa shape index (κ2) is 6.38. The van der Waals surface area contributed by atoms with Crippen molar-refractivity contribution in [3.63, 3.8) is 0 Å². The number of amides is 1. The van der Waals surface area contributed by atoms with Gasteiger partial charge >= 0.3 is 0 Å². The quantitative estimate of drug-likeness (QED) is 0.895. The Balaban J connectivity index is 1.79. The molecule has 1 aliphatic rings. The number of ether oxygens (including phenoxy) is 2. The highest BCUT2D eigenvalue weighted by Gasteiger charge is 2.22. The van der Waals surface area contributed by atoms with Crippen molar-refractivity contribution in [2.24, 2.45) is 5.14 Å². The van der Waals surface area contributed by atoms with E-state index >= 15 is 0 Å². The Labute approximate surface area is 146 Å². The van der Waals surface area contributed by atoms with Crippen molar-refractivity contribution in [2.75, 3.05) is 13.8 Å². The van der Waals surface area contributed by atoms with E-state index in [-0.39, 0.29) is 23.6 Å². The summed E-state index contributed by atoms with van der Waals surface area (Å²) in [6.07, 6.45) is 0. The summed E-state index contributed by atoms with van der Waals surface area (Å²) in [6.45, 7) is 2.01. The molecule has 2 aromatic carbocycles. The lowest BCUT2D eigenvalue weighted by molar-refractivity contribution is 0.0742. The molecule has 0 aliphatic carbocycles. The molecule has 0 bridgehead atoms. The third-order valence-electron chi connectivity index (χ3n) is 4.21. The fourth-order valence-electron chi connectivity index (χ4n) is 2.57. The van der Waals surface area contributed by atoms with E-state index in [4.69, 9.17) is 14.6 Å². The minimum Gasteiger partial charge on any atom is -0.454 e. The van der Waals surface area contributed by atoms with E-state index in [1.54, 1.807) is 42.3 Å². The van der Waals surface area contributed by atoms with Crippen LogP contribution in [0.5, 0.6) is 11.5 Å². The van der Waals surface area contributed by atoms with Crippen LogP contribution in [0.15, 0.2) is 47.4 Å². The molecular weight excluding hydrogens is 344 g/mol. The van der Waals surface area contributed by atoms with Gasteiger partial charge in [-0.2, -0.15) is 0 Å². The monoisotopic (exact) mass is 362 g/mol. The number of rotatable bonds is 4. The van der Waals surface area contributed by atoms with Crippen LogP contribution >= 0.6 is 0 Å². The zero-order valence-electron chi connectivity index (χ0n) is 13.8. The van der Waals surface area contributed by atoms with Gasteiger partial charge in [0.25, 0.3) is 5.91 Å². The van der Waals surface area contributed by atoms with Gasteiger partial charge in [0, 0.05) is 12.6 Å². The van der Waals surface area contributed by atoms with Crippen LogP contribution in [0.4, 0.5) is 0 Å². The molecule has 1 heterocycles. The molecule has 0 aromatic heterocycles. The van der Waals surface area contributed by atoms with Crippen molar-refractivity contribution >= 4 is 15.9 Å². The molecule has 1 atom stereocenters. The molecule has 3 rings (SSSR count). The third-order valence-corrected chi connectivity index (χ3v) is 5.14. The number of benzene rings is 2. The lowest BCUT2D eigenvalue weighted by Gasteiger charge is -2.25. The molecule has 7 nitrogen and oxygen atoms in total. The predicted octanol–water partition coefficient (Wildman–Crippen LogP) is 1.90. The molecular formula is C17H18N2O5S. The van der Waals surface area contributed by atoms with Crippen molar-refractivity contribution in [1.29, 1.82) is 0 Å². The number of hydrogen-bond acceptors (Lipinski definition) is 5. The summed E-state index contributed by atoms with van der Waals surface area (Å²) in [4.78, 5) is 14.3. The highest BCUT2D eigenvalue weighted by Crippen LogP contribution is 2.33. The van der Waals surface area contributed by atoms with E-state index in [1.807, 2.05) is 6.92 Å². The second-order valence-electron chi connectivity index (χ2n) is 5.77. The molecule has 132 valence electrons. The average Bonchev–Trinajstić information content (AvgIpc) is 3.06. The maximum atomic E-state index is 12.7. The fourth-order valence-corrected chi connectivity index (χ4v) is 3.08. The van der Waals surface area contributed by atoms with Gasteiger partial charge in [0.15, 0.2) is 11.5 Å². The van der Waals surface area contributed by atoms with Gasteiger partial charge in [0.2, 0.25) is 16.8 Å². The molecule has 2 N–H and O–H groups in total. The Morgan fingerprint density at radius 1 is 1.12 bits per heavy atom. The number of carbonyl (C=O) groups excluding carboxylic acids is 1. The Kier molecular flexibility index (Phi) is 4.40. The molecule has 0 radical (unpaired) electrons. The normalized spacial score (nSPS) is 14.2. The van der Waals surface area contributed by atoms with Gasteiger partial charge in [-0.3, -0.25) is 4.79 Å². The number of sulfonamides is 1. The van der Waals surface area contributed by atoms with E-state index in [0.717, 1.165) is 5.56 Å². The van der Waals surface area contributed by atoms with Crippen LogP contribution in [-0.4, -0.2) is 33.1 Å². The maximum Gasteiger partial charge on any atom is 0.254 e. The minimum atomic E-state index is -3.74. The number of nitrogens with zero attached hydrogens (tertiary/aromatic N) is 1. The molecule has 25 heavy (non-hydrogen) atoms. The van der Waals surface area contributed by atoms with Crippen molar-refractivity contribution in [1.82, 2.24) is 4.90 Å². The highest BCUT2D eigenvalue weighted by molar-refractivity contribution is 7.89. The summed E-state index contributed by atoms with van der Waals surface area (Å²) < 4.78 is 33.2. The van der Waals surface area contributed by atoms with Crippen molar-refractivity contribution in [3.8, 4) is 11.5 Å². The first-order valence-corrected chi connectivity index (χ1v) is 9.11. The number of nitrogens with two attached hydrogens (primary N) is 1. The van der Waals surface area contributed by atoms with Gasteiger partial charge in [-0.1, -0.05) is 12.1 Å². The lowest BCUT2D eigenvalue weighted by atomic mass is 10.1. The first kappa shape index (κ1) is 17.2. The number of hydrogen-bond donors (Lipinski definition) is 1. The predicted molar refractivity (Wildman–Crippen MR) is 90.9 cm³/mol. The lowest BCUT2D eigenvalue weighted by Crippen LogP contribution is -2.29. The topological polar surface area (TPSA) is 98.9 Å². The standard InChI is InChI=1S/C17H18N2O5S/c1-11(12-3-6-14(7-4-12)25(18,21)22)19(2)17(20)13-5-8-15-16(9-13)24-10-23-15/h3-9,11H,10H2,1-2H3,(H2,18,21,22)/t11-/m0/s1. The smallest absolute Gasteiger partial charge is 0.254 e. The summed E-state index contributed by atoms with van der Waals surface area (Å²) in [5.41, 5.74) is 1.28. The largest absolute Gasteiger partial charge is 0.454 e. The van der Waals surface area contributed by atoms with Gasteiger partial charge in [0.1, 0.15) is 0 Å². The van der Waals surface area contributed by atoms with Gasteiger partial charge in [-0.25, -0.2) is 13.6 Å². The van der Waals surface area contributed by atoms with Crippen LogP contribution in [0.25, 0.3) is 0 Å². The van der Waals surface area contributed by atoms with Gasteiger partial charge in [-0.05, 0) is 42.8 Å². The van der Waals surface area contributed by atoms with Crippen molar-refractivity contribution in [2.45, 2.75) is 17.9 Å². The Morgan fingerprint density at radius 2 is 1.76 bits per heavy atom. The van der Waals surface area contributed by atoms with Gasteiger partial charge in [0.05, 0.1) is 10.9 Å². The van der Waals surface area contributed by atoms with Crippen LogP contribution in [0, 0.1) is 0 Å². The van der Waals surface area contributed by atoms with E-state index in [1.165, 1.54) is 12.1 Å². The SMILES string of the molecule is C[C@@H](c1ccc(S(N)(=O)=O)cc1)N(C)C(=O)c1ccc2c(c1)OCO2. The van der Waals surface area contributed by atoms with E-state index < -0.39 is 10.0 Å². The van der Waals surface area contributed by atoms with Crippen LogP contribution in [0.2, 0.25) is 0 Å². The van der Waals surface area contributed by atoms with Gasteiger partial charge in [-0.15, -0.1) is 0 Å². The molecule has 0 saturated carbocycles. The summed E-state index contributed by atoms with van der Waals surface area (Å²) in [5.74, 6) is 0.983. The summed E-state index contributed by atoms with van der Waals surface area (Å²) in [7, 11) is -2.05. The van der Waals surface area contributed by atoms with Crippen LogP contribution < -0.4 is 14.6 Å². The van der Waals surface area contributed by atoms with Crippen LogP contribution in [0.3, 0.4) is 0 Å². The van der Waals surface area contributed by atoms with Crippen molar-refractivity contribution in [3.05, 3.63) is 53.6 Å². The zero-order chi connectivity index (χ0) is 18.2. The van der Waals surface area contributed by atoms with Crippen LogP contribution in [-0.2, 0) is 10.0 Å². The number of primary sulfonamides is 1. The second-order valence-corrected chi connectivity index (χ2v) is 7.34. The maximum absolute atomic E-state index is 12.7. The molecule has 8 heteroatoms. The molecule has 0 fully saturated rings. The zero-order valence-corrected chi connectivity index (χ0v) is 14.6. The number of fused-ring (bicyclic) bond motifs is 1. The van der Waals surface area contributed by atoms with Gasteiger partial charge < -0.3 is 14.4 Å². The van der Waals surface area contributed by atoms with Crippen molar-refractivity contribution < 1.29 is 22.7 Å². The number of carbonyl (C=O) groups is 1. The Bertz CT molecular complexity index is 909. The summed E-state index contributed by atoms with van der Waals surface area (Å²) >= 11 is 0. The summed E-state index contributed by atoms with van der Waals surface area (Å²) in [5, 5.41) is 5.10. The molecule has 1 aliphatic heterocycles. The van der Waals surface area contributed by atoms with E-state index in [9.17, 15) is 13.2 Å². The molecule has 0 spiro atoms. The minimum absolute atomic E-state index is 0.0354. The first-order chi connectivity index (χ1) is 11.8. The van der Waals surface area contributed by atoms with Crippen LogP contribution in [0.1, 0.15) is 28.9 Å². The third kappa shape index (κ3) is 3.45. The molecule has 0 unspecified atom stereocenters. The average molecular weight is 362 g/mol. The Hall–Kier alpha value is -2.58. The Morgan fingerprint density at radius 3 is 2.40 bits per heavy atom.